The second kappa shape index (κ2) is 6.81. The quantitative estimate of drug-likeness (QED) is 0.653. The molecule has 0 bridgehead atoms. The van der Waals surface area contributed by atoms with E-state index in [1.807, 2.05) is 26.0 Å². The highest BCUT2D eigenvalue weighted by atomic mass is 35.5. The van der Waals surface area contributed by atoms with Crippen molar-refractivity contribution < 1.29 is 9.53 Å². The van der Waals surface area contributed by atoms with Crippen LogP contribution in [-0.2, 0) is 0 Å². The van der Waals surface area contributed by atoms with Crippen molar-refractivity contribution in [2.75, 3.05) is 0 Å². The molecule has 0 spiro atoms. The third-order valence-corrected chi connectivity index (χ3v) is 3.93. The van der Waals surface area contributed by atoms with Gasteiger partial charge in [0.25, 0.3) is 0 Å². The summed E-state index contributed by atoms with van der Waals surface area (Å²) in [5.41, 5.74) is 4.28. The highest BCUT2D eigenvalue weighted by Crippen LogP contribution is 2.23. The molecule has 1 aromatic heterocycles. The lowest BCUT2D eigenvalue weighted by Gasteiger charge is -2.07. The number of carbonyl (C=O) groups is 1. The Morgan fingerprint density at radius 3 is 2.50 bits per heavy atom. The lowest BCUT2D eigenvalue weighted by atomic mass is 10.0. The van der Waals surface area contributed by atoms with Gasteiger partial charge in [0.15, 0.2) is 0 Å². The smallest absolute Gasteiger partial charge is 0.346 e. The van der Waals surface area contributed by atoms with Crippen molar-refractivity contribution in [3.8, 4) is 17.1 Å². The molecule has 3 rings (SSSR count). The molecule has 3 aromatic rings. The number of ether oxygens (including phenoxy) is 1. The average molecular weight is 339 g/mol. The molecule has 5 heteroatoms. The Kier molecular flexibility index (Phi) is 4.58. The van der Waals surface area contributed by atoms with E-state index in [1.165, 1.54) is 0 Å². The number of esters is 1. The van der Waals surface area contributed by atoms with Crippen LogP contribution in [0.15, 0.2) is 54.6 Å². The molecule has 0 radical (unpaired) electrons. The second-order valence-corrected chi connectivity index (χ2v) is 5.85. The standard InChI is InChI=1S/C19H15ClN2O2/c1-12-7-8-13(2)15(11-12)17-9-10-18(22-21-17)24-19(23)14-5-3-4-6-16(14)20/h3-11H,1-2H3. The minimum atomic E-state index is -0.561. The minimum absolute atomic E-state index is 0.133. The van der Waals surface area contributed by atoms with E-state index in [4.69, 9.17) is 16.3 Å². The molecule has 4 nitrogen and oxygen atoms in total. The maximum Gasteiger partial charge on any atom is 0.346 e. The predicted molar refractivity (Wildman–Crippen MR) is 93.4 cm³/mol. The summed E-state index contributed by atoms with van der Waals surface area (Å²) in [6.45, 7) is 4.04. The van der Waals surface area contributed by atoms with Crippen LogP contribution in [-0.4, -0.2) is 16.2 Å². The number of hydrogen-bond acceptors (Lipinski definition) is 4. The van der Waals surface area contributed by atoms with Crippen molar-refractivity contribution in [1.29, 1.82) is 0 Å². The molecule has 2 aromatic carbocycles. The number of benzene rings is 2. The van der Waals surface area contributed by atoms with Gasteiger partial charge in [0.1, 0.15) is 0 Å². The Morgan fingerprint density at radius 1 is 1.00 bits per heavy atom. The maximum absolute atomic E-state index is 12.1. The van der Waals surface area contributed by atoms with Gasteiger partial charge in [-0.2, -0.15) is 0 Å². The Hall–Kier alpha value is -2.72. The summed E-state index contributed by atoms with van der Waals surface area (Å²) in [5, 5.41) is 8.48. The first-order valence-corrected chi connectivity index (χ1v) is 7.80. The van der Waals surface area contributed by atoms with Crippen molar-refractivity contribution in [3.05, 3.63) is 76.3 Å². The number of nitrogens with zero attached hydrogens (tertiary/aromatic N) is 2. The number of hydrogen-bond donors (Lipinski definition) is 0. The van der Waals surface area contributed by atoms with Crippen LogP contribution in [0.4, 0.5) is 0 Å². The molecule has 0 unspecified atom stereocenters. The summed E-state index contributed by atoms with van der Waals surface area (Å²) in [7, 11) is 0. The molecule has 0 atom stereocenters. The van der Waals surface area contributed by atoms with Gasteiger partial charge in [-0.05, 0) is 43.7 Å². The summed E-state index contributed by atoms with van der Waals surface area (Å²) in [5.74, 6) is -0.427. The largest absolute Gasteiger partial charge is 0.402 e. The van der Waals surface area contributed by atoms with Crippen LogP contribution < -0.4 is 4.74 Å². The van der Waals surface area contributed by atoms with E-state index in [9.17, 15) is 4.79 Å². The second-order valence-electron chi connectivity index (χ2n) is 5.44. The van der Waals surface area contributed by atoms with Gasteiger partial charge in [-0.3, -0.25) is 0 Å². The molecule has 1 heterocycles. The van der Waals surface area contributed by atoms with Gasteiger partial charge in [0, 0.05) is 11.6 Å². The summed E-state index contributed by atoms with van der Waals surface area (Å²) >= 11 is 5.99. The van der Waals surface area contributed by atoms with Crippen LogP contribution in [0.1, 0.15) is 21.5 Å². The number of carbonyl (C=O) groups excluding carboxylic acids is 1. The highest BCUT2D eigenvalue weighted by Gasteiger charge is 2.13. The third kappa shape index (κ3) is 3.44. The van der Waals surface area contributed by atoms with Gasteiger partial charge < -0.3 is 4.74 Å². The first-order chi connectivity index (χ1) is 11.5. The zero-order chi connectivity index (χ0) is 17.1. The molecule has 120 valence electrons. The SMILES string of the molecule is Cc1ccc(C)c(-c2ccc(OC(=O)c3ccccc3Cl)nn2)c1. The molecular formula is C19H15ClN2O2. The lowest BCUT2D eigenvalue weighted by Crippen LogP contribution is -2.10. The van der Waals surface area contributed by atoms with Gasteiger partial charge in [-0.1, -0.05) is 41.4 Å². The average Bonchev–Trinajstić information content (AvgIpc) is 2.58. The van der Waals surface area contributed by atoms with E-state index in [0.717, 1.165) is 22.4 Å². The van der Waals surface area contributed by atoms with E-state index >= 15 is 0 Å². The fraction of sp³-hybridized carbons (Fsp3) is 0.105. The molecule has 0 N–H and O–H groups in total. The van der Waals surface area contributed by atoms with Crippen molar-refractivity contribution in [2.45, 2.75) is 13.8 Å². The third-order valence-electron chi connectivity index (χ3n) is 3.60. The first-order valence-electron chi connectivity index (χ1n) is 7.42. The molecule has 0 aliphatic carbocycles. The van der Waals surface area contributed by atoms with Crippen LogP contribution in [0, 0.1) is 13.8 Å². The van der Waals surface area contributed by atoms with E-state index in [1.54, 1.807) is 36.4 Å². The fourth-order valence-electron chi connectivity index (χ4n) is 2.31. The number of aryl methyl sites for hydroxylation is 2. The normalized spacial score (nSPS) is 10.5. The predicted octanol–water partition coefficient (Wildman–Crippen LogP) is 4.63. The van der Waals surface area contributed by atoms with Crippen LogP contribution >= 0.6 is 11.6 Å². The summed E-state index contributed by atoms with van der Waals surface area (Å²) in [6, 6.07) is 16.2. The summed E-state index contributed by atoms with van der Waals surface area (Å²) in [4.78, 5) is 12.1. The first kappa shape index (κ1) is 16.1. The molecular weight excluding hydrogens is 324 g/mol. The van der Waals surface area contributed by atoms with E-state index in [2.05, 4.69) is 16.3 Å². The zero-order valence-corrected chi connectivity index (χ0v) is 14.0. The van der Waals surface area contributed by atoms with E-state index in [-0.39, 0.29) is 5.88 Å². The van der Waals surface area contributed by atoms with Crippen molar-refractivity contribution in [2.24, 2.45) is 0 Å². The highest BCUT2D eigenvalue weighted by molar-refractivity contribution is 6.33. The monoisotopic (exact) mass is 338 g/mol. The van der Waals surface area contributed by atoms with Gasteiger partial charge in [-0.15, -0.1) is 10.2 Å². The molecule has 0 saturated carbocycles. The van der Waals surface area contributed by atoms with Gasteiger partial charge in [-0.25, -0.2) is 4.79 Å². The van der Waals surface area contributed by atoms with Crippen LogP contribution in [0.2, 0.25) is 5.02 Å². The fourth-order valence-corrected chi connectivity index (χ4v) is 2.52. The maximum atomic E-state index is 12.1. The summed E-state index contributed by atoms with van der Waals surface area (Å²) < 4.78 is 5.23. The summed E-state index contributed by atoms with van der Waals surface area (Å²) in [6.07, 6.45) is 0. The van der Waals surface area contributed by atoms with E-state index in [0.29, 0.717) is 10.6 Å². The zero-order valence-electron chi connectivity index (χ0n) is 13.3. The topological polar surface area (TPSA) is 52.1 Å². The van der Waals surface area contributed by atoms with E-state index < -0.39 is 5.97 Å². The van der Waals surface area contributed by atoms with Crippen molar-refractivity contribution >= 4 is 17.6 Å². The molecule has 0 fully saturated rings. The van der Waals surface area contributed by atoms with Gasteiger partial charge in [0.05, 0.1) is 16.3 Å². The molecule has 24 heavy (non-hydrogen) atoms. The minimum Gasteiger partial charge on any atom is -0.402 e. The Morgan fingerprint density at radius 2 is 1.79 bits per heavy atom. The van der Waals surface area contributed by atoms with Gasteiger partial charge in [0.2, 0.25) is 5.88 Å². The van der Waals surface area contributed by atoms with Crippen LogP contribution in [0.25, 0.3) is 11.3 Å². The Balaban J connectivity index is 1.81. The number of halogens is 1. The molecule has 0 aliphatic heterocycles. The van der Waals surface area contributed by atoms with Crippen molar-refractivity contribution in [1.82, 2.24) is 10.2 Å². The van der Waals surface area contributed by atoms with Crippen LogP contribution in [0.5, 0.6) is 5.88 Å². The number of aromatic nitrogens is 2. The van der Waals surface area contributed by atoms with Crippen LogP contribution in [0.3, 0.4) is 0 Å². The van der Waals surface area contributed by atoms with Crippen molar-refractivity contribution in [3.63, 3.8) is 0 Å². The van der Waals surface area contributed by atoms with Gasteiger partial charge >= 0.3 is 5.97 Å². The molecule has 0 aliphatic rings. The lowest BCUT2D eigenvalue weighted by molar-refractivity contribution is 0.0726. The number of rotatable bonds is 3. The molecule has 0 amide bonds. The Labute approximate surface area is 145 Å². The molecule has 0 saturated heterocycles. The Bertz CT molecular complexity index is 892.